The lowest BCUT2D eigenvalue weighted by Gasteiger charge is -2.07. The lowest BCUT2D eigenvalue weighted by atomic mass is 10.1. The molecule has 0 saturated heterocycles. The third-order valence-corrected chi connectivity index (χ3v) is 4.32. The van der Waals surface area contributed by atoms with Gasteiger partial charge in [-0.15, -0.1) is 10.2 Å². The third kappa shape index (κ3) is 5.79. The first-order valence-corrected chi connectivity index (χ1v) is 9.14. The maximum absolute atomic E-state index is 12.2. The Morgan fingerprint density at radius 1 is 1.00 bits per heavy atom. The summed E-state index contributed by atoms with van der Waals surface area (Å²) in [5, 5.41) is 14.9. The average molecular weight is 381 g/mol. The quantitative estimate of drug-likeness (QED) is 0.649. The molecular formula is C21H21ClN4O. The molecule has 0 unspecified atom stereocenters. The first kappa shape index (κ1) is 18.9. The molecule has 138 valence electrons. The van der Waals surface area contributed by atoms with E-state index >= 15 is 0 Å². The smallest absolute Gasteiger partial charge is 0.272 e. The SMILES string of the molecule is Cc1cccc(CNC(=O)c2ccc(NCCc3ccc(Cl)cc3)nn2)c1. The van der Waals surface area contributed by atoms with Crippen LogP contribution in [0.3, 0.4) is 0 Å². The molecule has 0 bridgehead atoms. The minimum absolute atomic E-state index is 0.239. The van der Waals surface area contributed by atoms with Crippen LogP contribution in [-0.4, -0.2) is 22.6 Å². The number of anilines is 1. The summed E-state index contributed by atoms with van der Waals surface area (Å²) in [6, 6.07) is 19.2. The Morgan fingerprint density at radius 3 is 2.52 bits per heavy atom. The van der Waals surface area contributed by atoms with Crippen molar-refractivity contribution in [2.24, 2.45) is 0 Å². The molecule has 3 aromatic rings. The molecule has 0 radical (unpaired) electrons. The van der Waals surface area contributed by atoms with Crippen LogP contribution in [0.15, 0.2) is 60.7 Å². The molecule has 1 amide bonds. The zero-order valence-corrected chi connectivity index (χ0v) is 15.8. The number of nitrogens with zero attached hydrogens (tertiary/aromatic N) is 2. The molecule has 1 heterocycles. The van der Waals surface area contributed by atoms with E-state index in [-0.39, 0.29) is 5.91 Å². The summed E-state index contributed by atoms with van der Waals surface area (Å²) in [5.74, 6) is 0.399. The monoisotopic (exact) mass is 380 g/mol. The number of carbonyl (C=O) groups excluding carboxylic acids is 1. The van der Waals surface area contributed by atoms with E-state index in [9.17, 15) is 4.79 Å². The summed E-state index contributed by atoms with van der Waals surface area (Å²) in [5.41, 5.74) is 3.70. The van der Waals surface area contributed by atoms with E-state index in [1.165, 1.54) is 5.56 Å². The number of halogens is 1. The molecule has 0 fully saturated rings. The van der Waals surface area contributed by atoms with Crippen molar-refractivity contribution in [2.75, 3.05) is 11.9 Å². The van der Waals surface area contributed by atoms with Gasteiger partial charge in [0.1, 0.15) is 5.82 Å². The van der Waals surface area contributed by atoms with Crippen LogP contribution >= 0.6 is 11.6 Å². The predicted octanol–water partition coefficient (Wildman–Crippen LogP) is 4.02. The van der Waals surface area contributed by atoms with Crippen molar-refractivity contribution in [2.45, 2.75) is 19.9 Å². The Morgan fingerprint density at radius 2 is 1.81 bits per heavy atom. The first-order chi connectivity index (χ1) is 13.1. The van der Waals surface area contributed by atoms with Gasteiger partial charge < -0.3 is 10.6 Å². The van der Waals surface area contributed by atoms with Crippen LogP contribution in [0.1, 0.15) is 27.2 Å². The molecule has 0 saturated carbocycles. The molecule has 0 aliphatic heterocycles. The average Bonchev–Trinajstić information content (AvgIpc) is 2.68. The Hall–Kier alpha value is -2.92. The van der Waals surface area contributed by atoms with Crippen LogP contribution in [0.25, 0.3) is 0 Å². The van der Waals surface area contributed by atoms with E-state index in [1.54, 1.807) is 12.1 Å². The molecule has 2 N–H and O–H groups in total. The summed E-state index contributed by atoms with van der Waals surface area (Å²) in [4.78, 5) is 12.2. The van der Waals surface area contributed by atoms with Crippen molar-refractivity contribution in [3.8, 4) is 0 Å². The summed E-state index contributed by atoms with van der Waals surface area (Å²) >= 11 is 5.88. The maximum Gasteiger partial charge on any atom is 0.272 e. The van der Waals surface area contributed by atoms with Gasteiger partial charge in [-0.3, -0.25) is 4.79 Å². The van der Waals surface area contributed by atoms with Gasteiger partial charge in [0.15, 0.2) is 5.69 Å². The number of benzene rings is 2. The maximum atomic E-state index is 12.2. The fraction of sp³-hybridized carbons (Fsp3) is 0.190. The highest BCUT2D eigenvalue weighted by atomic mass is 35.5. The molecule has 27 heavy (non-hydrogen) atoms. The summed E-state index contributed by atoms with van der Waals surface area (Å²) in [7, 11) is 0. The van der Waals surface area contributed by atoms with Crippen molar-refractivity contribution in [1.82, 2.24) is 15.5 Å². The van der Waals surface area contributed by atoms with Crippen LogP contribution < -0.4 is 10.6 Å². The Labute approximate surface area is 163 Å². The predicted molar refractivity (Wildman–Crippen MR) is 108 cm³/mol. The highest BCUT2D eigenvalue weighted by Crippen LogP contribution is 2.10. The van der Waals surface area contributed by atoms with Gasteiger partial charge in [0, 0.05) is 18.1 Å². The number of hydrogen-bond acceptors (Lipinski definition) is 4. The van der Waals surface area contributed by atoms with E-state index in [0.717, 1.165) is 29.1 Å². The molecule has 0 aliphatic rings. The summed E-state index contributed by atoms with van der Waals surface area (Å²) in [6.45, 7) is 3.20. The third-order valence-electron chi connectivity index (χ3n) is 4.07. The van der Waals surface area contributed by atoms with Gasteiger partial charge in [0.2, 0.25) is 0 Å². The Kier molecular flexibility index (Phi) is 6.39. The van der Waals surface area contributed by atoms with E-state index in [0.29, 0.717) is 18.1 Å². The van der Waals surface area contributed by atoms with Crippen molar-refractivity contribution in [1.29, 1.82) is 0 Å². The van der Waals surface area contributed by atoms with E-state index in [4.69, 9.17) is 11.6 Å². The topological polar surface area (TPSA) is 66.9 Å². The van der Waals surface area contributed by atoms with Gasteiger partial charge in [-0.05, 0) is 48.7 Å². The van der Waals surface area contributed by atoms with Crippen molar-refractivity contribution < 1.29 is 4.79 Å². The largest absolute Gasteiger partial charge is 0.368 e. The lowest BCUT2D eigenvalue weighted by Crippen LogP contribution is -2.24. The summed E-state index contributed by atoms with van der Waals surface area (Å²) in [6.07, 6.45) is 0.845. The number of nitrogens with one attached hydrogen (secondary N) is 2. The number of amides is 1. The van der Waals surface area contributed by atoms with Crippen LogP contribution in [0.5, 0.6) is 0 Å². The van der Waals surface area contributed by atoms with E-state index in [1.807, 2.05) is 55.5 Å². The number of hydrogen-bond donors (Lipinski definition) is 2. The Bertz CT molecular complexity index is 895. The van der Waals surface area contributed by atoms with E-state index in [2.05, 4.69) is 20.8 Å². The molecule has 6 heteroatoms. The summed E-state index contributed by atoms with van der Waals surface area (Å²) < 4.78 is 0. The molecular weight excluding hydrogens is 360 g/mol. The normalized spacial score (nSPS) is 10.4. The van der Waals surface area contributed by atoms with Crippen molar-refractivity contribution in [3.63, 3.8) is 0 Å². The second kappa shape index (κ2) is 9.14. The second-order valence-electron chi connectivity index (χ2n) is 6.28. The van der Waals surface area contributed by atoms with Crippen LogP contribution in [0, 0.1) is 6.92 Å². The number of aryl methyl sites for hydroxylation is 1. The van der Waals surface area contributed by atoms with Crippen molar-refractivity contribution >= 4 is 23.3 Å². The lowest BCUT2D eigenvalue weighted by molar-refractivity contribution is 0.0945. The second-order valence-corrected chi connectivity index (χ2v) is 6.72. The zero-order valence-electron chi connectivity index (χ0n) is 15.1. The minimum Gasteiger partial charge on any atom is -0.368 e. The molecule has 3 rings (SSSR count). The number of aromatic nitrogens is 2. The molecule has 0 spiro atoms. The van der Waals surface area contributed by atoms with Gasteiger partial charge in [0.05, 0.1) is 0 Å². The Balaban J connectivity index is 1.47. The first-order valence-electron chi connectivity index (χ1n) is 8.76. The highest BCUT2D eigenvalue weighted by molar-refractivity contribution is 6.30. The number of carbonyl (C=O) groups is 1. The fourth-order valence-corrected chi connectivity index (χ4v) is 2.75. The zero-order chi connectivity index (χ0) is 19.1. The van der Waals surface area contributed by atoms with Gasteiger partial charge in [0.25, 0.3) is 5.91 Å². The van der Waals surface area contributed by atoms with Gasteiger partial charge >= 0.3 is 0 Å². The molecule has 1 aromatic heterocycles. The fourth-order valence-electron chi connectivity index (χ4n) is 2.63. The van der Waals surface area contributed by atoms with Crippen molar-refractivity contribution in [3.05, 3.63) is 88.1 Å². The highest BCUT2D eigenvalue weighted by Gasteiger charge is 2.08. The molecule has 0 atom stereocenters. The van der Waals surface area contributed by atoms with Crippen LogP contribution in [0.4, 0.5) is 5.82 Å². The molecule has 5 nitrogen and oxygen atoms in total. The molecule has 0 aliphatic carbocycles. The van der Waals surface area contributed by atoms with Crippen LogP contribution in [0.2, 0.25) is 5.02 Å². The molecule has 2 aromatic carbocycles. The minimum atomic E-state index is -0.239. The van der Waals surface area contributed by atoms with E-state index < -0.39 is 0 Å². The standard InChI is InChI=1S/C21H21ClN4O/c1-15-3-2-4-17(13-15)14-24-21(27)19-9-10-20(26-25-19)23-12-11-16-5-7-18(22)8-6-16/h2-10,13H,11-12,14H2,1H3,(H,23,26)(H,24,27). The van der Waals surface area contributed by atoms with Crippen LogP contribution in [-0.2, 0) is 13.0 Å². The van der Waals surface area contributed by atoms with Gasteiger partial charge in [-0.25, -0.2) is 0 Å². The van der Waals surface area contributed by atoms with Gasteiger partial charge in [-0.2, -0.15) is 0 Å². The van der Waals surface area contributed by atoms with Gasteiger partial charge in [-0.1, -0.05) is 53.6 Å². The number of rotatable bonds is 7.